The van der Waals surface area contributed by atoms with Gasteiger partial charge in [0.05, 0.1) is 5.69 Å². The Morgan fingerprint density at radius 3 is 2.87 bits per heavy atom. The van der Waals surface area contributed by atoms with Crippen molar-refractivity contribution >= 4 is 5.97 Å². The Balaban J connectivity index is 1.84. The molecule has 0 aromatic carbocycles. The number of aromatic carboxylic acids is 1. The van der Waals surface area contributed by atoms with Crippen molar-refractivity contribution in [1.82, 2.24) is 5.16 Å². The van der Waals surface area contributed by atoms with Crippen LogP contribution in [0.3, 0.4) is 0 Å². The van der Waals surface area contributed by atoms with E-state index in [-0.39, 0.29) is 5.76 Å². The summed E-state index contributed by atoms with van der Waals surface area (Å²) in [6.45, 7) is 0. The molecule has 1 aliphatic carbocycles. The maximum atomic E-state index is 10.5. The lowest BCUT2D eigenvalue weighted by atomic mass is 10.0. The highest BCUT2D eigenvalue weighted by atomic mass is 16.5. The molecule has 0 amide bonds. The van der Waals surface area contributed by atoms with Gasteiger partial charge in [0.2, 0.25) is 5.76 Å². The molecule has 2 rings (SSSR count). The third-order valence-corrected chi connectivity index (χ3v) is 3.05. The molecular weight excluding hydrogens is 194 g/mol. The molecule has 82 valence electrons. The second kappa shape index (κ2) is 4.47. The Bertz CT molecular complexity index is 339. The Labute approximate surface area is 88.3 Å². The van der Waals surface area contributed by atoms with Crippen LogP contribution in [-0.4, -0.2) is 16.2 Å². The molecule has 4 heteroatoms. The van der Waals surface area contributed by atoms with Crippen molar-refractivity contribution in [3.8, 4) is 0 Å². The van der Waals surface area contributed by atoms with Gasteiger partial charge in [-0.3, -0.25) is 0 Å². The third kappa shape index (κ3) is 2.58. The third-order valence-electron chi connectivity index (χ3n) is 3.05. The zero-order valence-corrected chi connectivity index (χ0v) is 8.61. The summed E-state index contributed by atoms with van der Waals surface area (Å²) in [4.78, 5) is 10.5. The van der Waals surface area contributed by atoms with Gasteiger partial charge in [-0.2, -0.15) is 0 Å². The van der Waals surface area contributed by atoms with Crippen molar-refractivity contribution in [1.29, 1.82) is 0 Å². The van der Waals surface area contributed by atoms with Gasteiger partial charge in [0, 0.05) is 6.07 Å². The predicted molar refractivity (Wildman–Crippen MR) is 53.7 cm³/mol. The number of rotatable bonds is 4. The quantitative estimate of drug-likeness (QED) is 0.827. The van der Waals surface area contributed by atoms with Crippen LogP contribution in [0.15, 0.2) is 10.6 Å². The van der Waals surface area contributed by atoms with Crippen molar-refractivity contribution in [2.24, 2.45) is 5.92 Å². The number of nitrogens with zero attached hydrogens (tertiary/aromatic N) is 1. The lowest BCUT2D eigenvalue weighted by Gasteiger charge is -2.05. The molecule has 0 aliphatic heterocycles. The van der Waals surface area contributed by atoms with Gasteiger partial charge in [-0.1, -0.05) is 30.8 Å². The maximum absolute atomic E-state index is 10.5. The van der Waals surface area contributed by atoms with E-state index in [0.29, 0.717) is 0 Å². The smallest absolute Gasteiger partial charge is 0.374 e. The summed E-state index contributed by atoms with van der Waals surface area (Å²) in [5.74, 6) is -0.305. The van der Waals surface area contributed by atoms with Crippen LogP contribution < -0.4 is 0 Å². The number of hydrogen-bond acceptors (Lipinski definition) is 3. The molecule has 1 heterocycles. The van der Waals surface area contributed by atoms with Gasteiger partial charge in [-0.25, -0.2) is 4.79 Å². The zero-order chi connectivity index (χ0) is 10.7. The van der Waals surface area contributed by atoms with Crippen LogP contribution in [0, 0.1) is 5.92 Å². The van der Waals surface area contributed by atoms with Crippen LogP contribution in [0.4, 0.5) is 0 Å². The van der Waals surface area contributed by atoms with Crippen molar-refractivity contribution < 1.29 is 14.4 Å². The highest BCUT2D eigenvalue weighted by Crippen LogP contribution is 2.28. The second-order valence-corrected chi connectivity index (χ2v) is 4.18. The predicted octanol–water partition coefficient (Wildman–Crippen LogP) is 2.50. The highest BCUT2D eigenvalue weighted by molar-refractivity contribution is 5.84. The fraction of sp³-hybridized carbons (Fsp3) is 0.636. The molecule has 0 bridgehead atoms. The molecule has 0 atom stereocenters. The molecule has 0 saturated heterocycles. The van der Waals surface area contributed by atoms with Gasteiger partial charge in [-0.05, 0) is 18.8 Å². The van der Waals surface area contributed by atoms with E-state index < -0.39 is 5.97 Å². The van der Waals surface area contributed by atoms with Crippen molar-refractivity contribution in [3.63, 3.8) is 0 Å². The Morgan fingerprint density at radius 1 is 1.53 bits per heavy atom. The first-order valence-electron chi connectivity index (χ1n) is 5.44. The Kier molecular flexibility index (Phi) is 3.04. The zero-order valence-electron chi connectivity index (χ0n) is 8.61. The molecule has 15 heavy (non-hydrogen) atoms. The van der Waals surface area contributed by atoms with E-state index >= 15 is 0 Å². The molecule has 0 spiro atoms. The molecule has 1 fully saturated rings. The van der Waals surface area contributed by atoms with Crippen LogP contribution in [0.25, 0.3) is 0 Å². The summed E-state index contributed by atoms with van der Waals surface area (Å²) in [5.41, 5.74) is 0.763. The van der Waals surface area contributed by atoms with Crippen LogP contribution >= 0.6 is 0 Å². The Hall–Kier alpha value is -1.32. The maximum Gasteiger partial charge on any atom is 0.374 e. The van der Waals surface area contributed by atoms with Gasteiger partial charge >= 0.3 is 5.97 Å². The number of hydrogen-bond donors (Lipinski definition) is 1. The van der Waals surface area contributed by atoms with E-state index in [0.717, 1.165) is 24.5 Å². The second-order valence-electron chi connectivity index (χ2n) is 4.18. The van der Waals surface area contributed by atoms with Gasteiger partial charge in [0.25, 0.3) is 0 Å². The van der Waals surface area contributed by atoms with Gasteiger partial charge < -0.3 is 9.63 Å². The fourth-order valence-corrected chi connectivity index (χ4v) is 2.18. The number of carboxylic acids is 1. The fourth-order valence-electron chi connectivity index (χ4n) is 2.18. The van der Waals surface area contributed by atoms with Crippen LogP contribution in [-0.2, 0) is 6.42 Å². The highest BCUT2D eigenvalue weighted by Gasteiger charge is 2.16. The van der Waals surface area contributed by atoms with E-state index in [1.165, 1.54) is 31.7 Å². The van der Waals surface area contributed by atoms with Crippen molar-refractivity contribution in [3.05, 3.63) is 17.5 Å². The molecule has 1 aliphatic rings. The molecule has 1 saturated carbocycles. The van der Waals surface area contributed by atoms with Gasteiger partial charge in [-0.15, -0.1) is 0 Å². The van der Waals surface area contributed by atoms with Gasteiger partial charge in [0.1, 0.15) is 0 Å². The van der Waals surface area contributed by atoms with E-state index in [2.05, 4.69) is 5.16 Å². The minimum atomic E-state index is -1.05. The molecule has 1 aromatic rings. The normalized spacial score (nSPS) is 17.1. The van der Waals surface area contributed by atoms with E-state index in [1.54, 1.807) is 0 Å². The number of aromatic nitrogens is 1. The van der Waals surface area contributed by atoms with Crippen LogP contribution in [0.5, 0.6) is 0 Å². The minimum Gasteiger partial charge on any atom is -0.475 e. The molecule has 4 nitrogen and oxygen atoms in total. The summed E-state index contributed by atoms with van der Waals surface area (Å²) >= 11 is 0. The molecular formula is C11H15NO3. The summed E-state index contributed by atoms with van der Waals surface area (Å²) < 4.78 is 4.69. The first-order chi connectivity index (χ1) is 7.25. The average molecular weight is 209 g/mol. The number of carbonyl (C=O) groups is 1. The van der Waals surface area contributed by atoms with Crippen molar-refractivity contribution in [2.45, 2.75) is 38.5 Å². The van der Waals surface area contributed by atoms with Crippen molar-refractivity contribution in [2.75, 3.05) is 0 Å². The van der Waals surface area contributed by atoms with Gasteiger partial charge in [0.15, 0.2) is 0 Å². The topological polar surface area (TPSA) is 63.3 Å². The monoisotopic (exact) mass is 209 g/mol. The lowest BCUT2D eigenvalue weighted by molar-refractivity contribution is 0.0652. The van der Waals surface area contributed by atoms with Crippen LogP contribution in [0.1, 0.15) is 48.4 Å². The first-order valence-corrected chi connectivity index (χ1v) is 5.44. The standard InChI is InChI=1S/C11H15NO3/c13-11(14)10-7-9(12-15-10)6-5-8-3-1-2-4-8/h7-8H,1-6H2,(H,13,14). The van der Waals surface area contributed by atoms with E-state index in [1.807, 2.05) is 0 Å². The minimum absolute atomic E-state index is 0.0589. The van der Waals surface area contributed by atoms with E-state index in [4.69, 9.17) is 9.63 Å². The summed E-state index contributed by atoms with van der Waals surface area (Å²) in [6, 6.07) is 1.53. The Morgan fingerprint density at radius 2 is 2.27 bits per heavy atom. The molecule has 1 N–H and O–H groups in total. The largest absolute Gasteiger partial charge is 0.475 e. The average Bonchev–Trinajstić information content (AvgIpc) is 2.86. The summed E-state index contributed by atoms with van der Waals surface area (Å²) in [6.07, 6.45) is 7.23. The summed E-state index contributed by atoms with van der Waals surface area (Å²) in [5, 5.41) is 12.4. The number of carboxylic acid groups (broad SMARTS) is 1. The molecule has 1 aromatic heterocycles. The molecule has 0 unspecified atom stereocenters. The lowest BCUT2D eigenvalue weighted by Crippen LogP contribution is -1.96. The van der Waals surface area contributed by atoms with Crippen LogP contribution in [0.2, 0.25) is 0 Å². The molecule has 0 radical (unpaired) electrons. The summed E-state index contributed by atoms with van der Waals surface area (Å²) in [7, 11) is 0. The SMILES string of the molecule is O=C(O)c1cc(CCC2CCCC2)no1. The van der Waals surface area contributed by atoms with E-state index in [9.17, 15) is 4.79 Å². The number of aryl methyl sites for hydroxylation is 1. The first kappa shape index (κ1) is 10.2.